The topological polar surface area (TPSA) is 61.5 Å². The standard InChI is InChI=1S/C20H26N4O2/c1-26-19-11-16(17-12-21-22-13-17)4-5-18(19)23-9-6-15(7-10-23)14-24-8-2-3-20(24)25/h4-5,11-13,15H,2-3,6-10,14H2,1H3,(H,21,22). The molecule has 0 unspecified atom stereocenters. The fourth-order valence-corrected chi connectivity index (χ4v) is 4.09. The van der Waals surface area contributed by atoms with Gasteiger partial charge in [-0.05, 0) is 42.9 Å². The second-order valence-corrected chi connectivity index (χ2v) is 7.25. The zero-order valence-corrected chi connectivity index (χ0v) is 15.3. The van der Waals surface area contributed by atoms with Gasteiger partial charge < -0.3 is 14.5 Å². The average Bonchev–Trinajstić information content (AvgIpc) is 3.34. The van der Waals surface area contributed by atoms with Crippen molar-refractivity contribution in [1.82, 2.24) is 15.1 Å². The number of hydrogen-bond donors (Lipinski definition) is 1. The Kier molecular flexibility index (Phi) is 4.82. The highest BCUT2D eigenvalue weighted by Crippen LogP contribution is 2.35. The van der Waals surface area contributed by atoms with Gasteiger partial charge >= 0.3 is 0 Å². The predicted octanol–water partition coefficient (Wildman–Crippen LogP) is 2.92. The Balaban J connectivity index is 1.41. The van der Waals surface area contributed by atoms with Crippen molar-refractivity contribution >= 4 is 11.6 Å². The van der Waals surface area contributed by atoms with Gasteiger partial charge in [0.2, 0.25) is 5.91 Å². The van der Waals surface area contributed by atoms with E-state index in [0.29, 0.717) is 11.8 Å². The number of aromatic amines is 1. The molecule has 2 aliphatic rings. The molecule has 0 saturated carbocycles. The van der Waals surface area contributed by atoms with Crippen molar-refractivity contribution in [3.8, 4) is 16.9 Å². The van der Waals surface area contributed by atoms with Crippen LogP contribution in [0.2, 0.25) is 0 Å². The number of benzene rings is 1. The van der Waals surface area contributed by atoms with Gasteiger partial charge in [-0.2, -0.15) is 5.10 Å². The summed E-state index contributed by atoms with van der Waals surface area (Å²) in [5.41, 5.74) is 3.31. The number of ether oxygens (including phenoxy) is 1. The second kappa shape index (κ2) is 7.40. The number of carbonyl (C=O) groups is 1. The number of nitrogens with zero attached hydrogens (tertiary/aromatic N) is 3. The number of aromatic nitrogens is 2. The first-order valence-corrected chi connectivity index (χ1v) is 9.44. The van der Waals surface area contributed by atoms with Gasteiger partial charge in [0, 0.05) is 44.4 Å². The first-order valence-electron chi connectivity index (χ1n) is 9.44. The molecule has 0 spiro atoms. The lowest BCUT2D eigenvalue weighted by molar-refractivity contribution is -0.128. The van der Waals surface area contributed by atoms with Crippen molar-refractivity contribution in [3.05, 3.63) is 30.6 Å². The maximum atomic E-state index is 11.8. The van der Waals surface area contributed by atoms with Crippen LogP contribution in [0.1, 0.15) is 25.7 Å². The molecule has 26 heavy (non-hydrogen) atoms. The maximum absolute atomic E-state index is 11.8. The van der Waals surface area contributed by atoms with E-state index in [1.54, 1.807) is 7.11 Å². The monoisotopic (exact) mass is 354 g/mol. The van der Waals surface area contributed by atoms with Crippen LogP contribution in [0.5, 0.6) is 5.75 Å². The van der Waals surface area contributed by atoms with Crippen LogP contribution in [0.3, 0.4) is 0 Å². The molecule has 0 atom stereocenters. The van der Waals surface area contributed by atoms with Crippen LogP contribution in [0.25, 0.3) is 11.1 Å². The molecule has 1 N–H and O–H groups in total. The largest absolute Gasteiger partial charge is 0.495 e. The second-order valence-electron chi connectivity index (χ2n) is 7.25. The van der Waals surface area contributed by atoms with Crippen molar-refractivity contribution < 1.29 is 9.53 Å². The minimum atomic E-state index is 0.337. The molecule has 0 aliphatic carbocycles. The average molecular weight is 354 g/mol. The summed E-state index contributed by atoms with van der Waals surface area (Å²) in [6.45, 7) is 3.90. The smallest absolute Gasteiger partial charge is 0.222 e. The highest BCUT2D eigenvalue weighted by molar-refractivity contribution is 5.78. The third kappa shape index (κ3) is 3.41. The van der Waals surface area contributed by atoms with E-state index in [1.807, 2.05) is 12.4 Å². The molecule has 2 aliphatic heterocycles. The molecular weight excluding hydrogens is 328 g/mol. The molecular formula is C20H26N4O2. The zero-order chi connectivity index (χ0) is 17.9. The number of hydrogen-bond acceptors (Lipinski definition) is 4. The van der Waals surface area contributed by atoms with E-state index in [4.69, 9.17) is 4.74 Å². The summed E-state index contributed by atoms with van der Waals surface area (Å²) in [5, 5.41) is 6.87. The van der Waals surface area contributed by atoms with E-state index in [0.717, 1.165) is 74.4 Å². The fraction of sp³-hybridized carbons (Fsp3) is 0.500. The summed E-state index contributed by atoms with van der Waals surface area (Å²) in [6, 6.07) is 6.35. The van der Waals surface area contributed by atoms with Gasteiger partial charge in [-0.1, -0.05) is 6.07 Å². The highest BCUT2D eigenvalue weighted by atomic mass is 16.5. The first-order chi connectivity index (χ1) is 12.7. The van der Waals surface area contributed by atoms with Gasteiger partial charge in [0.15, 0.2) is 0 Å². The van der Waals surface area contributed by atoms with Gasteiger partial charge in [-0.15, -0.1) is 0 Å². The number of H-pyrrole nitrogens is 1. The van der Waals surface area contributed by atoms with Crippen LogP contribution in [-0.2, 0) is 4.79 Å². The number of nitrogens with one attached hydrogen (secondary N) is 1. The number of piperidine rings is 1. The minimum absolute atomic E-state index is 0.337. The van der Waals surface area contributed by atoms with Crippen LogP contribution in [-0.4, -0.2) is 54.3 Å². The Labute approximate surface area is 154 Å². The summed E-state index contributed by atoms with van der Waals surface area (Å²) in [7, 11) is 1.73. The molecule has 2 aromatic rings. The Morgan fingerprint density at radius 1 is 1.23 bits per heavy atom. The number of likely N-dealkylation sites (tertiary alicyclic amines) is 1. The Morgan fingerprint density at radius 3 is 2.73 bits per heavy atom. The van der Waals surface area contributed by atoms with Crippen LogP contribution in [0, 0.1) is 5.92 Å². The van der Waals surface area contributed by atoms with E-state index in [2.05, 4.69) is 38.2 Å². The van der Waals surface area contributed by atoms with Crippen LogP contribution in [0.4, 0.5) is 5.69 Å². The van der Waals surface area contributed by atoms with Gasteiger partial charge in [0.05, 0.1) is 19.0 Å². The molecule has 3 heterocycles. The normalized spacial score (nSPS) is 18.6. The van der Waals surface area contributed by atoms with Gasteiger partial charge in [-0.3, -0.25) is 9.89 Å². The molecule has 1 aromatic heterocycles. The number of methoxy groups -OCH3 is 1. The van der Waals surface area contributed by atoms with Crippen molar-refractivity contribution in [2.45, 2.75) is 25.7 Å². The molecule has 0 bridgehead atoms. The summed E-state index contributed by atoms with van der Waals surface area (Å²) < 4.78 is 5.66. The molecule has 1 amide bonds. The van der Waals surface area contributed by atoms with Gasteiger partial charge in [0.25, 0.3) is 0 Å². The van der Waals surface area contributed by atoms with Crippen molar-refractivity contribution in [3.63, 3.8) is 0 Å². The van der Waals surface area contributed by atoms with E-state index in [1.165, 1.54) is 0 Å². The molecule has 6 nitrogen and oxygen atoms in total. The summed E-state index contributed by atoms with van der Waals surface area (Å²) in [6.07, 6.45) is 7.71. The van der Waals surface area contributed by atoms with Crippen LogP contribution in [0.15, 0.2) is 30.6 Å². The molecule has 2 fully saturated rings. The molecule has 4 rings (SSSR count). The predicted molar refractivity (Wildman–Crippen MR) is 101 cm³/mol. The lowest BCUT2D eigenvalue weighted by Gasteiger charge is -2.35. The van der Waals surface area contributed by atoms with E-state index >= 15 is 0 Å². The lowest BCUT2D eigenvalue weighted by atomic mass is 9.95. The Hall–Kier alpha value is -2.50. The van der Waals surface area contributed by atoms with Crippen molar-refractivity contribution in [2.24, 2.45) is 5.92 Å². The first kappa shape index (κ1) is 16.9. The highest BCUT2D eigenvalue weighted by Gasteiger charge is 2.27. The van der Waals surface area contributed by atoms with Crippen LogP contribution < -0.4 is 9.64 Å². The quantitative estimate of drug-likeness (QED) is 0.897. The van der Waals surface area contributed by atoms with E-state index in [-0.39, 0.29) is 0 Å². The third-order valence-corrected chi connectivity index (χ3v) is 5.62. The minimum Gasteiger partial charge on any atom is -0.495 e. The van der Waals surface area contributed by atoms with Crippen molar-refractivity contribution in [2.75, 3.05) is 38.2 Å². The number of anilines is 1. The maximum Gasteiger partial charge on any atom is 0.222 e. The van der Waals surface area contributed by atoms with E-state index in [9.17, 15) is 4.79 Å². The number of rotatable bonds is 5. The molecule has 1 aromatic carbocycles. The number of carbonyl (C=O) groups excluding carboxylic acids is 1. The zero-order valence-electron chi connectivity index (χ0n) is 15.3. The van der Waals surface area contributed by atoms with Gasteiger partial charge in [0.1, 0.15) is 5.75 Å². The number of amides is 1. The molecule has 0 radical (unpaired) electrons. The molecule has 6 heteroatoms. The van der Waals surface area contributed by atoms with Crippen LogP contribution >= 0.6 is 0 Å². The summed E-state index contributed by atoms with van der Waals surface area (Å²) >= 11 is 0. The summed E-state index contributed by atoms with van der Waals surface area (Å²) in [4.78, 5) is 16.3. The lowest BCUT2D eigenvalue weighted by Crippen LogP contribution is -2.39. The Bertz CT molecular complexity index is 751. The SMILES string of the molecule is COc1cc(-c2cn[nH]c2)ccc1N1CCC(CN2CCCC2=O)CC1. The fourth-order valence-electron chi connectivity index (χ4n) is 4.09. The molecule has 138 valence electrons. The third-order valence-electron chi connectivity index (χ3n) is 5.62. The summed E-state index contributed by atoms with van der Waals surface area (Å²) in [5.74, 6) is 1.85. The van der Waals surface area contributed by atoms with Crippen molar-refractivity contribution in [1.29, 1.82) is 0 Å². The van der Waals surface area contributed by atoms with Gasteiger partial charge in [-0.25, -0.2) is 0 Å². The van der Waals surface area contributed by atoms with E-state index < -0.39 is 0 Å². The Morgan fingerprint density at radius 2 is 2.08 bits per heavy atom. The molecule has 2 saturated heterocycles.